The molecule has 1 nitrogen and oxygen atoms in total. The van der Waals surface area contributed by atoms with Gasteiger partial charge in [0.2, 0.25) is 0 Å². The Morgan fingerprint density at radius 3 is 2.42 bits per heavy atom. The fourth-order valence-electron chi connectivity index (χ4n) is 0.918. The van der Waals surface area contributed by atoms with Crippen LogP contribution >= 0.6 is 23.1 Å². The zero-order valence-corrected chi connectivity index (χ0v) is 9.32. The highest BCUT2D eigenvalue weighted by molar-refractivity contribution is 9.10. The maximum absolute atomic E-state index is 12.6. The first-order valence-corrected chi connectivity index (χ1v) is 6.81. The van der Waals surface area contributed by atoms with Crippen LogP contribution in [0.5, 0.6) is 0 Å². The summed E-state index contributed by atoms with van der Waals surface area (Å²) in [4.78, 5) is 0. The standard InChI is InChI=1S/C8H9BrFOP/c1-12(2,11)8-4-3-6(10)5-7(8)9/h3-5H,1-2H3. The van der Waals surface area contributed by atoms with Crippen LogP contribution in [0.4, 0.5) is 4.39 Å². The summed E-state index contributed by atoms with van der Waals surface area (Å²) in [5, 5.41) is 0.684. The molecule has 1 aromatic rings. The summed E-state index contributed by atoms with van der Waals surface area (Å²) in [6.45, 7) is 3.32. The molecule has 0 atom stereocenters. The van der Waals surface area contributed by atoms with Crippen LogP contribution in [0.15, 0.2) is 22.7 Å². The Morgan fingerprint density at radius 2 is 2.00 bits per heavy atom. The Morgan fingerprint density at radius 1 is 1.42 bits per heavy atom. The van der Waals surface area contributed by atoms with Crippen molar-refractivity contribution in [1.82, 2.24) is 0 Å². The molecule has 12 heavy (non-hydrogen) atoms. The Bertz CT molecular complexity index is 345. The first-order chi connectivity index (χ1) is 5.41. The molecular weight excluding hydrogens is 242 g/mol. The van der Waals surface area contributed by atoms with Crippen LogP contribution in [0.25, 0.3) is 0 Å². The summed E-state index contributed by atoms with van der Waals surface area (Å²) < 4.78 is 24.8. The quantitative estimate of drug-likeness (QED) is 0.701. The van der Waals surface area contributed by atoms with E-state index in [0.717, 1.165) is 0 Å². The molecule has 1 aromatic carbocycles. The average molecular weight is 251 g/mol. The van der Waals surface area contributed by atoms with Crippen molar-refractivity contribution in [3.05, 3.63) is 28.5 Å². The SMILES string of the molecule is CP(C)(=O)c1ccc(F)cc1Br. The predicted octanol–water partition coefficient (Wildman–Crippen LogP) is 2.84. The van der Waals surface area contributed by atoms with Gasteiger partial charge in [0, 0.05) is 9.78 Å². The van der Waals surface area contributed by atoms with Crippen molar-refractivity contribution in [3.8, 4) is 0 Å². The van der Waals surface area contributed by atoms with Crippen LogP contribution in [0.3, 0.4) is 0 Å². The molecule has 0 spiro atoms. The van der Waals surface area contributed by atoms with Gasteiger partial charge in [0.25, 0.3) is 0 Å². The van der Waals surface area contributed by atoms with E-state index in [1.54, 1.807) is 19.4 Å². The minimum atomic E-state index is -2.29. The normalized spacial score (nSPS) is 11.7. The number of rotatable bonds is 1. The molecule has 0 radical (unpaired) electrons. The fraction of sp³-hybridized carbons (Fsp3) is 0.250. The second-order valence-electron chi connectivity index (χ2n) is 2.95. The van der Waals surface area contributed by atoms with E-state index in [-0.39, 0.29) is 5.82 Å². The highest BCUT2D eigenvalue weighted by atomic mass is 79.9. The van der Waals surface area contributed by atoms with Crippen molar-refractivity contribution in [2.45, 2.75) is 0 Å². The molecule has 0 aliphatic carbocycles. The van der Waals surface area contributed by atoms with E-state index in [9.17, 15) is 8.96 Å². The smallest absolute Gasteiger partial charge is 0.124 e. The van der Waals surface area contributed by atoms with Gasteiger partial charge < -0.3 is 4.57 Å². The molecule has 0 aliphatic heterocycles. The topological polar surface area (TPSA) is 17.1 Å². The summed E-state index contributed by atoms with van der Waals surface area (Å²) in [5.74, 6) is -0.320. The molecule has 66 valence electrons. The van der Waals surface area contributed by atoms with Crippen LogP contribution in [0.1, 0.15) is 0 Å². The largest absolute Gasteiger partial charge is 0.319 e. The van der Waals surface area contributed by atoms with Crippen molar-refractivity contribution < 1.29 is 8.96 Å². The third-order valence-corrected chi connectivity index (χ3v) is 4.00. The highest BCUT2D eigenvalue weighted by Crippen LogP contribution is 2.37. The van der Waals surface area contributed by atoms with Gasteiger partial charge in [-0.05, 0) is 47.5 Å². The van der Waals surface area contributed by atoms with Crippen molar-refractivity contribution in [2.75, 3.05) is 13.3 Å². The van der Waals surface area contributed by atoms with Crippen LogP contribution in [0, 0.1) is 5.82 Å². The van der Waals surface area contributed by atoms with E-state index < -0.39 is 7.14 Å². The molecule has 0 saturated heterocycles. The van der Waals surface area contributed by atoms with Gasteiger partial charge in [-0.15, -0.1) is 0 Å². The number of hydrogen-bond acceptors (Lipinski definition) is 1. The van der Waals surface area contributed by atoms with Crippen LogP contribution in [0.2, 0.25) is 0 Å². The lowest BCUT2D eigenvalue weighted by atomic mass is 10.3. The summed E-state index contributed by atoms with van der Waals surface area (Å²) in [6.07, 6.45) is 0. The van der Waals surface area contributed by atoms with Gasteiger partial charge in [-0.2, -0.15) is 0 Å². The molecule has 0 fully saturated rings. The molecule has 0 saturated carbocycles. The average Bonchev–Trinajstić information content (AvgIpc) is 1.83. The van der Waals surface area contributed by atoms with Crippen molar-refractivity contribution in [3.63, 3.8) is 0 Å². The van der Waals surface area contributed by atoms with E-state index in [2.05, 4.69) is 15.9 Å². The molecule has 4 heteroatoms. The Balaban J connectivity index is 3.28. The first kappa shape index (κ1) is 9.94. The van der Waals surface area contributed by atoms with E-state index in [4.69, 9.17) is 0 Å². The second-order valence-corrected chi connectivity index (χ2v) is 6.98. The van der Waals surface area contributed by atoms with Gasteiger partial charge in [0.1, 0.15) is 13.0 Å². The number of hydrogen-bond donors (Lipinski definition) is 0. The van der Waals surface area contributed by atoms with E-state index in [0.29, 0.717) is 9.78 Å². The minimum absolute atomic E-state index is 0.320. The second kappa shape index (κ2) is 3.31. The Hall–Kier alpha value is -0.140. The van der Waals surface area contributed by atoms with Crippen molar-refractivity contribution in [2.24, 2.45) is 0 Å². The van der Waals surface area contributed by atoms with Crippen LogP contribution in [-0.4, -0.2) is 13.3 Å². The van der Waals surface area contributed by atoms with Gasteiger partial charge in [0.05, 0.1) is 0 Å². The van der Waals surface area contributed by atoms with Crippen molar-refractivity contribution >= 4 is 28.4 Å². The van der Waals surface area contributed by atoms with Gasteiger partial charge >= 0.3 is 0 Å². The predicted molar refractivity (Wildman–Crippen MR) is 53.2 cm³/mol. The molecule has 1 rings (SSSR count). The van der Waals surface area contributed by atoms with Crippen LogP contribution in [-0.2, 0) is 4.57 Å². The zero-order valence-electron chi connectivity index (χ0n) is 6.84. The van der Waals surface area contributed by atoms with E-state index in [1.165, 1.54) is 12.1 Å². The Kier molecular flexibility index (Phi) is 2.74. The maximum atomic E-state index is 12.6. The molecule has 0 aliphatic rings. The fourth-order valence-corrected chi connectivity index (χ4v) is 3.56. The molecule has 0 N–H and O–H groups in total. The molecule has 0 amide bonds. The third-order valence-electron chi connectivity index (χ3n) is 1.49. The third kappa shape index (κ3) is 2.18. The monoisotopic (exact) mass is 250 g/mol. The van der Waals surface area contributed by atoms with Gasteiger partial charge in [-0.25, -0.2) is 4.39 Å². The maximum Gasteiger partial charge on any atom is 0.124 e. The lowest BCUT2D eigenvalue weighted by Gasteiger charge is -2.08. The lowest BCUT2D eigenvalue weighted by Crippen LogP contribution is -2.04. The van der Waals surface area contributed by atoms with Gasteiger partial charge in [-0.1, -0.05) is 0 Å². The minimum Gasteiger partial charge on any atom is -0.319 e. The molecule has 0 bridgehead atoms. The first-order valence-electron chi connectivity index (χ1n) is 3.42. The molecular formula is C8H9BrFOP. The van der Waals surface area contributed by atoms with E-state index in [1.807, 2.05) is 0 Å². The highest BCUT2D eigenvalue weighted by Gasteiger charge is 2.14. The van der Waals surface area contributed by atoms with Crippen LogP contribution < -0.4 is 5.30 Å². The summed E-state index contributed by atoms with van der Waals surface area (Å²) in [6, 6.07) is 4.20. The lowest BCUT2D eigenvalue weighted by molar-refractivity contribution is 0.588. The molecule has 0 heterocycles. The summed E-state index contributed by atoms with van der Waals surface area (Å²) >= 11 is 3.17. The summed E-state index contributed by atoms with van der Waals surface area (Å²) in [5.41, 5.74) is 0. The number of benzene rings is 1. The summed E-state index contributed by atoms with van der Waals surface area (Å²) in [7, 11) is -2.29. The van der Waals surface area contributed by atoms with E-state index >= 15 is 0 Å². The molecule has 0 aromatic heterocycles. The Labute approximate surface area is 79.5 Å². The number of halogens is 2. The van der Waals surface area contributed by atoms with Gasteiger partial charge in [0.15, 0.2) is 0 Å². The van der Waals surface area contributed by atoms with Gasteiger partial charge in [-0.3, -0.25) is 0 Å². The van der Waals surface area contributed by atoms with Crippen molar-refractivity contribution in [1.29, 1.82) is 0 Å². The molecule has 0 unspecified atom stereocenters. The zero-order chi connectivity index (χ0) is 9.35.